The fourth-order valence-electron chi connectivity index (χ4n) is 1.03. The molecule has 1 aromatic rings. The quantitative estimate of drug-likeness (QED) is 0.248. The summed E-state index contributed by atoms with van der Waals surface area (Å²) < 4.78 is 9.76. The normalized spacial score (nSPS) is 9.38. The van der Waals surface area contributed by atoms with E-state index in [0.29, 0.717) is 11.3 Å². The van der Waals surface area contributed by atoms with E-state index in [1.807, 2.05) is 0 Å². The van der Waals surface area contributed by atoms with Gasteiger partial charge in [0.25, 0.3) is 0 Å². The Morgan fingerprint density at radius 1 is 1.56 bits per heavy atom. The van der Waals surface area contributed by atoms with Gasteiger partial charge >= 0.3 is 11.7 Å². The highest BCUT2D eigenvalue weighted by molar-refractivity contribution is 6.61. The van der Waals surface area contributed by atoms with Gasteiger partial charge in [0.2, 0.25) is 5.78 Å². The van der Waals surface area contributed by atoms with Crippen molar-refractivity contribution in [2.75, 3.05) is 0 Å². The van der Waals surface area contributed by atoms with Gasteiger partial charge in [-0.3, -0.25) is 4.79 Å². The Hall–Kier alpha value is -2.20. The van der Waals surface area contributed by atoms with E-state index in [1.54, 1.807) is 13.0 Å². The molecule has 84 valence electrons. The highest BCUT2D eigenvalue weighted by Crippen LogP contribution is 2.09. The van der Waals surface area contributed by atoms with Crippen LogP contribution in [0, 0.1) is 6.92 Å². The number of furan rings is 1. The third kappa shape index (κ3) is 2.65. The predicted molar refractivity (Wildman–Crippen MR) is 52.5 cm³/mol. The van der Waals surface area contributed by atoms with Crippen LogP contribution >= 0.6 is 0 Å². The zero-order valence-corrected chi connectivity index (χ0v) is 8.89. The molecule has 0 aliphatic rings. The van der Waals surface area contributed by atoms with Crippen LogP contribution in [-0.2, 0) is 20.9 Å². The summed E-state index contributed by atoms with van der Waals surface area (Å²) in [6.45, 7) is 2.79. The molecule has 0 saturated heterocycles. The molecular weight excluding hydrogens is 212 g/mol. The smallest absolute Gasteiger partial charge is 0.441 e. The van der Waals surface area contributed by atoms with E-state index in [4.69, 9.17) is 14.7 Å². The van der Waals surface area contributed by atoms with Crippen LogP contribution in [0.1, 0.15) is 18.2 Å². The molecule has 6 nitrogen and oxygen atoms in total. The Bertz CT molecular complexity index is 469. The van der Waals surface area contributed by atoms with E-state index in [0.717, 1.165) is 6.92 Å². The Morgan fingerprint density at radius 2 is 2.25 bits per heavy atom. The molecule has 0 amide bonds. The molecule has 0 aromatic carbocycles. The molecule has 0 saturated carbocycles. The van der Waals surface area contributed by atoms with Gasteiger partial charge in [0, 0.05) is 12.5 Å². The summed E-state index contributed by atoms with van der Waals surface area (Å²) >= 11 is 0. The molecule has 0 unspecified atom stereocenters. The SMILES string of the molecule is CC(=O)C(=[N+]=[N-])C(=O)OCc1ccoc1C. The lowest BCUT2D eigenvalue weighted by atomic mass is 10.2. The number of carbonyl (C=O) groups is 2. The van der Waals surface area contributed by atoms with Crippen LogP contribution in [0.2, 0.25) is 0 Å². The molecule has 0 spiro atoms. The van der Waals surface area contributed by atoms with E-state index in [-0.39, 0.29) is 6.61 Å². The van der Waals surface area contributed by atoms with Crippen LogP contribution in [0.4, 0.5) is 0 Å². The highest BCUT2D eigenvalue weighted by Gasteiger charge is 2.27. The lowest BCUT2D eigenvalue weighted by Gasteiger charge is -1.99. The fraction of sp³-hybridized carbons (Fsp3) is 0.300. The number of ketones is 1. The molecule has 1 heterocycles. The number of Topliss-reactive ketones (excluding diaryl/α,β-unsaturated/α-hetero) is 1. The molecule has 0 N–H and O–H groups in total. The summed E-state index contributed by atoms with van der Waals surface area (Å²) in [5.74, 6) is -0.995. The summed E-state index contributed by atoms with van der Waals surface area (Å²) in [6, 6.07) is 1.64. The first kappa shape index (κ1) is 11.9. The van der Waals surface area contributed by atoms with E-state index >= 15 is 0 Å². The van der Waals surface area contributed by atoms with Crippen LogP contribution in [-0.4, -0.2) is 22.3 Å². The lowest BCUT2D eigenvalue weighted by molar-refractivity contribution is -0.143. The number of hydrogen-bond donors (Lipinski definition) is 0. The maximum absolute atomic E-state index is 11.3. The topological polar surface area (TPSA) is 92.9 Å². The standard InChI is InChI=1S/C10H10N2O4/c1-6(13)9(12-11)10(14)16-5-8-3-4-15-7(8)2/h3-4H,5H2,1-2H3. The lowest BCUT2D eigenvalue weighted by Crippen LogP contribution is -2.25. The molecule has 0 aliphatic carbocycles. The Labute approximate surface area is 91.4 Å². The number of carbonyl (C=O) groups excluding carboxylic acids is 2. The first-order valence-electron chi connectivity index (χ1n) is 4.49. The molecule has 0 radical (unpaired) electrons. The van der Waals surface area contributed by atoms with Crippen molar-refractivity contribution < 1.29 is 23.5 Å². The van der Waals surface area contributed by atoms with Gasteiger partial charge in [0.05, 0.1) is 6.26 Å². The number of aryl methyl sites for hydroxylation is 1. The second-order valence-corrected chi connectivity index (χ2v) is 3.08. The zero-order valence-electron chi connectivity index (χ0n) is 8.89. The van der Waals surface area contributed by atoms with Crippen molar-refractivity contribution in [3.05, 3.63) is 29.2 Å². The van der Waals surface area contributed by atoms with E-state index < -0.39 is 17.5 Å². The second-order valence-electron chi connectivity index (χ2n) is 3.08. The van der Waals surface area contributed by atoms with Crippen molar-refractivity contribution in [2.24, 2.45) is 0 Å². The van der Waals surface area contributed by atoms with E-state index in [1.165, 1.54) is 6.26 Å². The van der Waals surface area contributed by atoms with Gasteiger partial charge in [0.15, 0.2) is 0 Å². The van der Waals surface area contributed by atoms with Gasteiger partial charge in [-0.15, -0.1) is 0 Å². The monoisotopic (exact) mass is 222 g/mol. The van der Waals surface area contributed by atoms with Gasteiger partial charge in [0.1, 0.15) is 12.4 Å². The van der Waals surface area contributed by atoms with Crippen molar-refractivity contribution in [1.29, 1.82) is 0 Å². The zero-order chi connectivity index (χ0) is 12.1. The highest BCUT2D eigenvalue weighted by atomic mass is 16.5. The summed E-state index contributed by atoms with van der Waals surface area (Å²) in [6.07, 6.45) is 1.46. The van der Waals surface area contributed by atoms with Crippen LogP contribution in [0.25, 0.3) is 5.53 Å². The largest absolute Gasteiger partial charge is 0.469 e. The molecule has 0 bridgehead atoms. The van der Waals surface area contributed by atoms with Gasteiger partial charge in [-0.2, -0.15) is 4.79 Å². The van der Waals surface area contributed by atoms with E-state index in [2.05, 4.69) is 4.79 Å². The molecule has 1 rings (SSSR count). The molecular formula is C10H10N2O4. The maximum Gasteiger partial charge on any atom is 0.441 e. The maximum atomic E-state index is 11.3. The van der Waals surface area contributed by atoms with Crippen molar-refractivity contribution in [2.45, 2.75) is 20.5 Å². The minimum absolute atomic E-state index is 0.0343. The Morgan fingerprint density at radius 3 is 2.69 bits per heavy atom. The molecule has 1 aromatic heterocycles. The third-order valence-corrected chi connectivity index (χ3v) is 1.95. The van der Waals surface area contributed by atoms with Crippen molar-refractivity contribution in [3.63, 3.8) is 0 Å². The van der Waals surface area contributed by atoms with Gasteiger partial charge in [-0.1, -0.05) is 0 Å². The first-order valence-corrected chi connectivity index (χ1v) is 4.49. The van der Waals surface area contributed by atoms with Crippen molar-refractivity contribution >= 4 is 17.5 Å². The van der Waals surface area contributed by atoms with Crippen molar-refractivity contribution in [3.8, 4) is 0 Å². The van der Waals surface area contributed by atoms with E-state index in [9.17, 15) is 9.59 Å². The second kappa shape index (κ2) is 5.04. The van der Waals surface area contributed by atoms with Gasteiger partial charge in [-0.25, -0.2) is 4.79 Å². The summed E-state index contributed by atoms with van der Waals surface area (Å²) in [7, 11) is 0. The molecule has 6 heteroatoms. The summed E-state index contributed by atoms with van der Waals surface area (Å²) in [4.78, 5) is 24.7. The van der Waals surface area contributed by atoms with Crippen LogP contribution < -0.4 is 0 Å². The predicted octanol–water partition coefficient (Wildman–Crippen LogP) is 0.891. The molecule has 0 fully saturated rings. The summed E-state index contributed by atoms with van der Waals surface area (Å²) in [5.41, 5.74) is 8.49. The molecule has 0 aliphatic heterocycles. The Kier molecular flexibility index (Phi) is 3.74. The van der Waals surface area contributed by atoms with Gasteiger partial charge < -0.3 is 14.7 Å². The average Bonchev–Trinajstić information content (AvgIpc) is 2.61. The fourth-order valence-corrected chi connectivity index (χ4v) is 1.03. The van der Waals surface area contributed by atoms with Crippen molar-refractivity contribution in [1.82, 2.24) is 0 Å². The minimum Gasteiger partial charge on any atom is -0.469 e. The van der Waals surface area contributed by atoms with Crippen LogP contribution in [0.15, 0.2) is 16.7 Å². The number of rotatable bonds is 4. The number of hydrogen-bond acceptors (Lipinski definition) is 4. The van der Waals surface area contributed by atoms with Crippen LogP contribution in [0.5, 0.6) is 0 Å². The Balaban J connectivity index is 2.63. The number of nitrogens with zero attached hydrogens (tertiary/aromatic N) is 2. The number of ether oxygens (including phenoxy) is 1. The minimum atomic E-state index is -0.962. The molecule has 0 atom stereocenters. The first-order chi connectivity index (χ1) is 7.56. The number of esters is 1. The summed E-state index contributed by atoms with van der Waals surface area (Å²) in [5, 5.41) is 0. The third-order valence-electron chi connectivity index (χ3n) is 1.95. The average molecular weight is 222 g/mol. The van der Waals surface area contributed by atoms with Gasteiger partial charge in [-0.05, 0) is 13.0 Å². The van der Waals surface area contributed by atoms with Crippen LogP contribution in [0.3, 0.4) is 0 Å². The molecule has 16 heavy (non-hydrogen) atoms.